The molecule has 2 saturated carbocycles. The predicted octanol–water partition coefficient (Wildman–Crippen LogP) is 3.67. The number of hydrogen-bond acceptors (Lipinski definition) is 18. The van der Waals surface area contributed by atoms with Gasteiger partial charge in [0, 0.05) is 25.7 Å². The SMILES string of the molecule is COc1cccc(C(=O)O[C@H]2[C@@H]3[C@]4(OC(C)=O)CO[C@@H]4C[C@H](O)[C@@]3(C)C(=O)[C@H](OC(C)=O)C3=C(C)[C@@H](OC(=O)[C@H](O)[C@H](CC(C)C)NC(=O)OC(C)(C)C)[C@@H]4OC(=O)O[C@]42C3(C)C)c1. The number of ketones is 1. The molecule has 352 valence electrons. The molecule has 3 aliphatic carbocycles. The summed E-state index contributed by atoms with van der Waals surface area (Å²) in [5, 5.41) is 26.4. The van der Waals surface area contributed by atoms with E-state index in [1.165, 1.54) is 53.0 Å². The molecule has 5 aliphatic rings. The molecule has 64 heavy (non-hydrogen) atoms. The van der Waals surface area contributed by atoms with Crippen molar-refractivity contribution < 1.29 is 86.4 Å². The number of aliphatic hydroxyl groups excluding tert-OH is 2. The van der Waals surface area contributed by atoms with E-state index in [4.69, 9.17) is 42.6 Å². The Bertz CT molecular complexity index is 2120. The number of rotatable bonds is 11. The van der Waals surface area contributed by atoms with Crippen molar-refractivity contribution in [2.75, 3.05) is 13.7 Å². The number of hydrogen-bond donors (Lipinski definition) is 3. The average Bonchev–Trinajstić information content (AvgIpc) is 3.55. The highest BCUT2D eigenvalue weighted by atomic mass is 16.8. The monoisotopic (exact) mass is 901 g/mol. The number of carbonyl (C=O) groups excluding carboxylic acids is 7. The highest BCUT2D eigenvalue weighted by molar-refractivity contribution is 5.96. The van der Waals surface area contributed by atoms with Gasteiger partial charge in [0.2, 0.25) is 5.60 Å². The maximum atomic E-state index is 15.7. The van der Waals surface area contributed by atoms with Gasteiger partial charge < -0.3 is 58.2 Å². The summed E-state index contributed by atoms with van der Waals surface area (Å²) >= 11 is 0. The Morgan fingerprint density at radius 1 is 1.00 bits per heavy atom. The smallest absolute Gasteiger partial charge is 0.497 e. The molecular formula is C45H59NO18. The van der Waals surface area contributed by atoms with E-state index in [-0.39, 0.29) is 47.8 Å². The third-order valence-corrected chi connectivity index (χ3v) is 13.2. The molecule has 1 amide bonds. The highest BCUT2D eigenvalue weighted by Gasteiger charge is 2.83. The summed E-state index contributed by atoms with van der Waals surface area (Å²) < 4.78 is 53.6. The average molecular weight is 902 g/mol. The minimum atomic E-state index is -2.40. The molecule has 2 heterocycles. The van der Waals surface area contributed by atoms with Crippen molar-refractivity contribution in [1.82, 2.24) is 5.32 Å². The lowest BCUT2D eigenvalue weighted by Gasteiger charge is -2.67. The van der Waals surface area contributed by atoms with Crippen LogP contribution in [0.3, 0.4) is 0 Å². The summed E-state index contributed by atoms with van der Waals surface area (Å²) in [6.07, 6.45) is -14.7. The van der Waals surface area contributed by atoms with Crippen LogP contribution in [0.4, 0.5) is 9.59 Å². The van der Waals surface area contributed by atoms with Gasteiger partial charge in [-0.15, -0.1) is 0 Å². The molecule has 6 rings (SSSR count). The highest BCUT2D eigenvalue weighted by Crippen LogP contribution is 2.67. The summed E-state index contributed by atoms with van der Waals surface area (Å²) in [6.45, 7) is 16.2. The standard InChI is InChI=1S/C45H59NO18/c1-20(2)16-26(46-39(54)63-41(6,7)8)30(50)38(53)59-31-21(3)29-32(58-22(4)47)34(51)43(11)27(49)18-28-44(19-57-28,62-23(5)48)33(43)36(45(42(29,9)10)35(31)61-40(55)64-45)60-37(52)24-14-13-15-25(17-24)56-12/h13-15,17,20,26-28,30-33,35-36,49-50H,16,18-19H2,1-12H3,(H,46,54)/t26-,27-,28+,30+,31+,32+,33-,35-,36-,43+,44-,45+/m0/s1. The van der Waals surface area contributed by atoms with E-state index in [2.05, 4.69) is 5.32 Å². The van der Waals surface area contributed by atoms with Crippen LogP contribution in [0, 0.1) is 22.7 Å². The Kier molecular flexibility index (Phi) is 12.8. The number of amides is 1. The second-order valence-electron chi connectivity index (χ2n) is 19.4. The lowest BCUT2D eigenvalue weighted by Crippen LogP contribution is -2.83. The fourth-order valence-electron chi connectivity index (χ4n) is 10.5. The summed E-state index contributed by atoms with van der Waals surface area (Å²) in [4.78, 5) is 97.8. The molecule has 1 aromatic rings. The molecule has 12 atom stereocenters. The fraction of sp³-hybridized carbons (Fsp3) is 0.667. The van der Waals surface area contributed by atoms with Crippen LogP contribution in [0.15, 0.2) is 35.4 Å². The van der Waals surface area contributed by atoms with Crippen molar-refractivity contribution >= 4 is 41.9 Å². The zero-order valence-electron chi connectivity index (χ0n) is 38.1. The van der Waals surface area contributed by atoms with Gasteiger partial charge in [-0.2, -0.15) is 0 Å². The van der Waals surface area contributed by atoms with Gasteiger partial charge in [-0.05, 0) is 76.3 Å². The summed E-state index contributed by atoms with van der Waals surface area (Å²) in [6, 6.07) is 4.62. The van der Waals surface area contributed by atoms with E-state index >= 15 is 4.79 Å². The third kappa shape index (κ3) is 7.97. The first-order valence-electron chi connectivity index (χ1n) is 21.2. The van der Waals surface area contributed by atoms with Crippen molar-refractivity contribution in [1.29, 1.82) is 0 Å². The Morgan fingerprint density at radius 3 is 2.23 bits per heavy atom. The van der Waals surface area contributed by atoms with E-state index in [1.54, 1.807) is 40.7 Å². The lowest BCUT2D eigenvalue weighted by molar-refractivity contribution is -0.345. The molecule has 1 aromatic carbocycles. The van der Waals surface area contributed by atoms with Gasteiger partial charge in [0.25, 0.3) is 0 Å². The number of fused-ring (bicyclic) bond motifs is 4. The van der Waals surface area contributed by atoms with Crippen molar-refractivity contribution in [3.05, 3.63) is 41.0 Å². The first-order chi connectivity index (χ1) is 29.7. The number of aliphatic hydroxyl groups is 2. The van der Waals surface area contributed by atoms with Gasteiger partial charge in [-0.3, -0.25) is 14.4 Å². The van der Waals surface area contributed by atoms with Crippen LogP contribution in [0.5, 0.6) is 5.75 Å². The molecule has 2 bridgehead atoms. The molecule has 4 fully saturated rings. The number of Topliss-reactive ketones (excluding diaryl/α,β-unsaturated/α-hetero) is 1. The molecular weight excluding hydrogens is 842 g/mol. The van der Waals surface area contributed by atoms with Gasteiger partial charge in [-0.25, -0.2) is 19.2 Å². The Hall–Kier alpha value is -5.27. The molecule has 19 heteroatoms. The van der Waals surface area contributed by atoms with Crippen molar-refractivity contribution in [2.45, 2.75) is 155 Å². The Balaban J connectivity index is 1.62. The van der Waals surface area contributed by atoms with E-state index in [1.807, 2.05) is 0 Å². The van der Waals surface area contributed by atoms with E-state index in [9.17, 15) is 39.0 Å². The summed E-state index contributed by atoms with van der Waals surface area (Å²) in [5.74, 6) is -6.63. The zero-order chi connectivity index (χ0) is 47.6. The maximum absolute atomic E-state index is 15.7. The Labute approximate surface area is 370 Å². The topological polar surface area (TPSA) is 255 Å². The molecule has 0 aromatic heterocycles. The van der Waals surface area contributed by atoms with Crippen molar-refractivity contribution in [3.63, 3.8) is 0 Å². The van der Waals surface area contributed by atoms with Gasteiger partial charge >= 0.3 is 36.1 Å². The van der Waals surface area contributed by atoms with Crippen LogP contribution in [-0.2, 0) is 57.1 Å². The zero-order valence-corrected chi connectivity index (χ0v) is 38.1. The predicted molar refractivity (Wildman–Crippen MR) is 218 cm³/mol. The van der Waals surface area contributed by atoms with Crippen LogP contribution in [0.25, 0.3) is 0 Å². The first kappa shape index (κ1) is 48.2. The van der Waals surface area contributed by atoms with E-state index in [0.717, 1.165) is 13.8 Å². The first-order valence-corrected chi connectivity index (χ1v) is 21.2. The van der Waals surface area contributed by atoms with E-state index in [0.29, 0.717) is 0 Å². The van der Waals surface area contributed by atoms with Crippen LogP contribution in [-0.4, -0.2) is 131 Å². The number of carbonyl (C=O) groups is 7. The minimum absolute atomic E-state index is 0.0226. The lowest BCUT2D eigenvalue weighted by atomic mass is 9.44. The molecule has 2 aliphatic heterocycles. The molecule has 0 radical (unpaired) electrons. The number of methoxy groups -OCH3 is 1. The minimum Gasteiger partial charge on any atom is -0.497 e. The summed E-state index contributed by atoms with van der Waals surface area (Å²) in [7, 11) is 1.38. The molecule has 0 unspecified atom stereocenters. The molecule has 3 N–H and O–H groups in total. The van der Waals surface area contributed by atoms with Gasteiger partial charge in [0.1, 0.15) is 17.5 Å². The second-order valence-corrected chi connectivity index (χ2v) is 19.4. The van der Waals surface area contributed by atoms with Crippen molar-refractivity contribution in [3.8, 4) is 5.75 Å². The van der Waals surface area contributed by atoms with Crippen LogP contribution in [0.2, 0.25) is 0 Å². The fourth-order valence-corrected chi connectivity index (χ4v) is 10.5. The Morgan fingerprint density at radius 2 is 1.67 bits per heavy atom. The maximum Gasteiger partial charge on any atom is 0.509 e. The quantitative estimate of drug-likeness (QED) is 0.163. The number of benzene rings is 1. The third-order valence-electron chi connectivity index (χ3n) is 13.2. The number of esters is 4. The number of nitrogens with one attached hydrogen (secondary N) is 1. The van der Waals surface area contributed by atoms with Crippen molar-refractivity contribution in [2.24, 2.45) is 22.7 Å². The van der Waals surface area contributed by atoms with Crippen LogP contribution >= 0.6 is 0 Å². The van der Waals surface area contributed by atoms with E-state index < -0.39 is 124 Å². The van der Waals surface area contributed by atoms with Crippen LogP contribution < -0.4 is 10.1 Å². The molecule has 19 nitrogen and oxygen atoms in total. The van der Waals surface area contributed by atoms with Crippen LogP contribution in [0.1, 0.15) is 99.4 Å². The normalized spacial score (nSPS) is 33.5. The molecule has 1 spiro atoms. The number of ether oxygens (including phenoxy) is 9. The molecule has 2 saturated heterocycles. The largest absolute Gasteiger partial charge is 0.509 e. The second kappa shape index (κ2) is 16.9. The number of alkyl carbamates (subject to hydrolysis) is 1. The summed E-state index contributed by atoms with van der Waals surface area (Å²) in [5.41, 5.74) is -9.25. The van der Waals surface area contributed by atoms with Gasteiger partial charge in [0.05, 0.1) is 42.8 Å². The van der Waals surface area contributed by atoms with Gasteiger partial charge in [0.15, 0.2) is 41.9 Å². The van der Waals surface area contributed by atoms with Gasteiger partial charge in [-0.1, -0.05) is 33.8 Å².